The van der Waals surface area contributed by atoms with Crippen LogP contribution in [0.5, 0.6) is 0 Å². The fraction of sp³-hybridized carbons (Fsp3) is 0.792. The molecule has 0 aromatic heterocycles. The Kier molecular flexibility index (Phi) is 7.81. The molecule has 0 saturated heterocycles. The number of carbonyl (C=O) groups is 2. The van der Waals surface area contributed by atoms with E-state index in [4.69, 9.17) is 12.2 Å². The second-order valence-corrected chi connectivity index (χ2v) is 12.0. The molecule has 3 fully saturated rings. The Balaban J connectivity index is 0.00000289. The van der Waals surface area contributed by atoms with Crippen LogP contribution in [-0.2, 0) is 61.9 Å². The first-order valence-electron chi connectivity index (χ1n) is 11.5. The molecule has 4 aliphatic rings. The van der Waals surface area contributed by atoms with Crippen molar-refractivity contribution in [1.82, 2.24) is 0 Å². The molecule has 9 atom stereocenters. The van der Waals surface area contributed by atoms with Crippen LogP contribution in [0.2, 0.25) is 0 Å². The van der Waals surface area contributed by atoms with E-state index in [1.54, 1.807) is 0 Å². The average molecular weight is 534 g/mol. The summed E-state index contributed by atoms with van der Waals surface area (Å²) in [4.78, 5) is 25.3. The third kappa shape index (κ3) is 3.81. The van der Waals surface area contributed by atoms with Gasteiger partial charge in [-0.1, -0.05) is 41.0 Å². The molecule has 8 heteroatoms. The fourth-order valence-corrected chi connectivity index (χ4v) is 8.82. The van der Waals surface area contributed by atoms with Gasteiger partial charge in [-0.05, 0) is 65.6 Å². The van der Waals surface area contributed by atoms with Crippen molar-refractivity contribution in [1.29, 1.82) is 0 Å². The molecule has 0 bridgehead atoms. The Hall–Kier alpha value is 0.189. The molecule has 0 spiro atoms. The maximum Gasteiger partial charge on any atom is 0.311 e. The predicted octanol–water partition coefficient (Wildman–Crippen LogP) is 4.09. The van der Waals surface area contributed by atoms with E-state index in [0.29, 0.717) is 24.2 Å². The van der Waals surface area contributed by atoms with Crippen LogP contribution in [0.3, 0.4) is 0 Å². The van der Waals surface area contributed by atoms with Crippen LogP contribution < -0.4 is 0 Å². The van der Waals surface area contributed by atoms with E-state index in [0.717, 1.165) is 25.7 Å². The topological polar surface area (TPSA) is 69.7 Å². The monoisotopic (exact) mass is 534 g/mol. The first kappa shape index (κ1) is 26.8. The third-order valence-corrected chi connectivity index (χ3v) is 10.6. The van der Waals surface area contributed by atoms with Gasteiger partial charge < -0.3 is 8.90 Å². The van der Waals surface area contributed by atoms with Crippen molar-refractivity contribution in [2.45, 2.75) is 66.7 Å². The average Bonchev–Trinajstić information content (AvgIpc) is 2.97. The molecule has 3 saturated carbocycles. The van der Waals surface area contributed by atoms with Gasteiger partial charge in [-0.3, -0.25) is 8.98 Å². The van der Waals surface area contributed by atoms with Gasteiger partial charge in [-0.2, -0.15) is 10.3 Å². The Morgan fingerprint density at radius 1 is 1.28 bits per heavy atom. The maximum atomic E-state index is 13.2. The number of fused-ring (bicyclic) bond motifs is 5. The minimum atomic E-state index is -2.10. The summed E-state index contributed by atoms with van der Waals surface area (Å²) in [6, 6.07) is 0. The first-order chi connectivity index (χ1) is 14.5. The number of rotatable bonds is 5. The molecule has 3 radical (unpaired) electrons. The van der Waals surface area contributed by atoms with E-state index in [1.807, 2.05) is 6.08 Å². The van der Waals surface area contributed by atoms with Gasteiger partial charge in [-0.15, -0.1) is 0 Å². The summed E-state index contributed by atoms with van der Waals surface area (Å²) in [5.74, 6) is 1.67. The third-order valence-electron chi connectivity index (χ3n) is 10.1. The van der Waals surface area contributed by atoms with Crippen molar-refractivity contribution in [3.63, 3.8) is 0 Å². The second kappa shape index (κ2) is 9.33. The zero-order valence-corrected chi connectivity index (χ0v) is 23.5. The molecule has 0 aliphatic heterocycles. The van der Waals surface area contributed by atoms with E-state index in [9.17, 15) is 13.8 Å². The summed E-state index contributed by atoms with van der Waals surface area (Å²) < 4.78 is 20.6. The minimum Gasteiger partial charge on any atom is -0.346 e. The second-order valence-electron chi connectivity index (χ2n) is 11.2. The number of hydrogen-bond acceptors (Lipinski definition) is 5. The standard InChI is InChI=1S/C24H34BO5S.Y/c1-14-10-19-18-7-6-16-11-17(26)8-9-23(16,4)24(18,5)15(2)12-22(19,3)21(14)20(27)13-29-31(28)30-25;/h6,11,14-15,18-19,21H,7-10,12-13H2,1-5H3;/q-1;/t14?,15-,18?,19?,21?,22-,23-,24-,31?;/m0./s1. The molecular formula is C24H34BO5SY-. The maximum absolute atomic E-state index is 13.2. The van der Waals surface area contributed by atoms with Crippen molar-refractivity contribution >= 4 is 31.0 Å². The first-order valence-corrected chi connectivity index (χ1v) is 12.5. The molecule has 32 heavy (non-hydrogen) atoms. The van der Waals surface area contributed by atoms with Crippen LogP contribution >= 0.6 is 0 Å². The summed E-state index contributed by atoms with van der Waals surface area (Å²) in [5, 5.41) is 0. The number of carbonyl (C=O) groups excluding carboxylic acids is 2. The Morgan fingerprint density at radius 3 is 2.62 bits per heavy atom. The normalized spacial score (nSPS) is 46.0. The number of allylic oxidation sites excluding steroid dienone is 1. The van der Waals surface area contributed by atoms with Gasteiger partial charge in [0.1, 0.15) is 6.61 Å². The van der Waals surface area contributed by atoms with Crippen molar-refractivity contribution < 1.29 is 54.8 Å². The van der Waals surface area contributed by atoms with Gasteiger partial charge in [0, 0.05) is 38.6 Å². The molecule has 4 aliphatic carbocycles. The van der Waals surface area contributed by atoms with Crippen molar-refractivity contribution in [2.75, 3.05) is 6.61 Å². The summed E-state index contributed by atoms with van der Waals surface area (Å²) in [7, 11) is 4.89. The van der Waals surface area contributed by atoms with Crippen LogP contribution in [0.25, 0.3) is 0 Å². The van der Waals surface area contributed by atoms with Crippen LogP contribution in [0.4, 0.5) is 0 Å². The number of hydrogen-bond donors (Lipinski definition) is 0. The molecule has 5 unspecified atom stereocenters. The van der Waals surface area contributed by atoms with Crippen molar-refractivity contribution in [2.24, 2.45) is 45.8 Å². The molecule has 0 amide bonds. The van der Waals surface area contributed by atoms with Gasteiger partial charge in [0.25, 0.3) is 11.4 Å². The SMILES string of the molecule is [B]OS(=O)OCC(=O)C1C(C)CC2C3C[CH-]C4=CC(=O)CC[C@]4(C)[C@@]3(C)[C@@H](C)C[C@@]21C.[Y]. The van der Waals surface area contributed by atoms with E-state index in [-0.39, 0.29) is 79.0 Å². The molecule has 5 nitrogen and oxygen atoms in total. The Bertz CT molecular complexity index is 848. The molecule has 0 aromatic rings. The molecule has 0 heterocycles. The Labute approximate surface area is 221 Å². The van der Waals surface area contributed by atoms with E-state index in [1.165, 1.54) is 5.57 Å². The molecule has 173 valence electrons. The van der Waals surface area contributed by atoms with Crippen LogP contribution in [0, 0.1) is 52.3 Å². The summed E-state index contributed by atoms with van der Waals surface area (Å²) in [6.07, 6.45) is 8.69. The van der Waals surface area contributed by atoms with Gasteiger partial charge in [-0.25, -0.2) is 12.0 Å². The molecular weight excluding hydrogens is 500 g/mol. The van der Waals surface area contributed by atoms with Crippen LogP contribution in [0.1, 0.15) is 66.7 Å². The molecule has 4 rings (SSSR count). The van der Waals surface area contributed by atoms with Gasteiger partial charge in [0.15, 0.2) is 5.78 Å². The quantitative estimate of drug-likeness (QED) is 0.393. The van der Waals surface area contributed by atoms with E-state index >= 15 is 0 Å². The van der Waals surface area contributed by atoms with E-state index < -0.39 is 11.4 Å². The predicted molar refractivity (Wildman–Crippen MR) is 120 cm³/mol. The fourth-order valence-electron chi connectivity index (χ4n) is 8.56. The zero-order valence-electron chi connectivity index (χ0n) is 19.9. The van der Waals surface area contributed by atoms with Gasteiger partial charge in [0.2, 0.25) is 0 Å². The van der Waals surface area contributed by atoms with Gasteiger partial charge >= 0.3 is 8.05 Å². The van der Waals surface area contributed by atoms with E-state index in [2.05, 4.69) is 45.1 Å². The summed E-state index contributed by atoms with van der Waals surface area (Å²) >= 11 is -2.10. The van der Waals surface area contributed by atoms with Crippen LogP contribution in [-0.4, -0.2) is 30.4 Å². The van der Waals surface area contributed by atoms with Crippen LogP contribution in [0.15, 0.2) is 11.6 Å². The zero-order chi connectivity index (χ0) is 22.8. The molecule has 0 aromatic carbocycles. The summed E-state index contributed by atoms with van der Waals surface area (Å²) in [5.41, 5.74) is 1.19. The van der Waals surface area contributed by atoms with Crippen molar-refractivity contribution in [3.8, 4) is 0 Å². The number of Topliss-reactive ketones (excluding diaryl/α,β-unsaturated/α-hetero) is 1. The molecule has 0 N–H and O–H groups in total. The largest absolute Gasteiger partial charge is 0.346 e. The summed E-state index contributed by atoms with van der Waals surface area (Å²) in [6.45, 7) is 11.4. The van der Waals surface area contributed by atoms with Gasteiger partial charge in [0.05, 0.1) is 5.78 Å². The Morgan fingerprint density at radius 2 is 1.97 bits per heavy atom. The smallest absolute Gasteiger partial charge is 0.311 e. The minimum absolute atomic E-state index is 0. The van der Waals surface area contributed by atoms with Crippen molar-refractivity contribution in [3.05, 3.63) is 18.1 Å². The number of ketones is 2.